The molecule has 0 aromatic heterocycles. The molecule has 0 amide bonds. The lowest BCUT2D eigenvalue weighted by molar-refractivity contribution is 0.0157. The molecule has 0 radical (unpaired) electrons. The molecule has 1 aliphatic rings. The third-order valence-corrected chi connectivity index (χ3v) is 4.46. The standard InChI is InChI=1S/C18H29N3O2/c1-13-9-15(3)17(10-14(13)2)18(19)20-23-12-16(22)11-21-7-5-4-6-8-21/h9-10,16,22H,4-8,11-12H2,1-3H3,(H2,19,20). The van der Waals surface area contributed by atoms with E-state index >= 15 is 0 Å². The van der Waals surface area contributed by atoms with Crippen LogP contribution in [0.1, 0.15) is 41.5 Å². The van der Waals surface area contributed by atoms with E-state index < -0.39 is 6.10 Å². The van der Waals surface area contributed by atoms with E-state index in [4.69, 9.17) is 10.6 Å². The summed E-state index contributed by atoms with van der Waals surface area (Å²) in [6, 6.07) is 4.12. The highest BCUT2D eigenvalue weighted by Crippen LogP contribution is 2.15. The van der Waals surface area contributed by atoms with Crippen LogP contribution in [0, 0.1) is 20.8 Å². The van der Waals surface area contributed by atoms with E-state index in [9.17, 15) is 5.11 Å². The molecule has 23 heavy (non-hydrogen) atoms. The van der Waals surface area contributed by atoms with Crippen LogP contribution in [-0.4, -0.2) is 48.2 Å². The van der Waals surface area contributed by atoms with Gasteiger partial charge in [-0.3, -0.25) is 0 Å². The van der Waals surface area contributed by atoms with Crippen molar-refractivity contribution < 1.29 is 9.94 Å². The van der Waals surface area contributed by atoms with Crippen molar-refractivity contribution in [1.82, 2.24) is 4.90 Å². The van der Waals surface area contributed by atoms with Gasteiger partial charge in [-0.25, -0.2) is 0 Å². The van der Waals surface area contributed by atoms with Gasteiger partial charge in [0.05, 0.1) is 0 Å². The van der Waals surface area contributed by atoms with Crippen LogP contribution in [0.25, 0.3) is 0 Å². The number of nitrogens with zero attached hydrogens (tertiary/aromatic N) is 2. The Morgan fingerprint density at radius 1 is 1.17 bits per heavy atom. The molecule has 0 spiro atoms. The summed E-state index contributed by atoms with van der Waals surface area (Å²) in [6.07, 6.45) is 3.18. The molecule has 1 heterocycles. The first-order chi connectivity index (χ1) is 11.0. The molecular formula is C18H29N3O2. The highest BCUT2D eigenvalue weighted by Gasteiger charge is 2.15. The van der Waals surface area contributed by atoms with Crippen molar-refractivity contribution in [3.8, 4) is 0 Å². The number of hydrogen-bond donors (Lipinski definition) is 2. The molecular weight excluding hydrogens is 290 g/mol. The molecule has 0 saturated carbocycles. The van der Waals surface area contributed by atoms with E-state index in [-0.39, 0.29) is 6.61 Å². The number of rotatable bonds is 6. The lowest BCUT2D eigenvalue weighted by Gasteiger charge is -2.27. The smallest absolute Gasteiger partial charge is 0.170 e. The fourth-order valence-corrected chi connectivity index (χ4v) is 2.97. The minimum Gasteiger partial charge on any atom is -0.391 e. The number of nitrogens with two attached hydrogens (primary N) is 1. The summed E-state index contributed by atoms with van der Waals surface area (Å²) < 4.78 is 0. The number of benzene rings is 1. The number of hydrogen-bond acceptors (Lipinski definition) is 4. The van der Waals surface area contributed by atoms with E-state index in [2.05, 4.69) is 30.0 Å². The van der Waals surface area contributed by atoms with E-state index in [0.717, 1.165) is 24.2 Å². The summed E-state index contributed by atoms with van der Waals surface area (Å²) in [4.78, 5) is 7.54. The number of likely N-dealkylation sites (tertiary alicyclic amines) is 1. The van der Waals surface area contributed by atoms with Crippen LogP contribution in [0.5, 0.6) is 0 Å². The molecule has 128 valence electrons. The van der Waals surface area contributed by atoms with Crippen LogP contribution in [0.2, 0.25) is 0 Å². The Morgan fingerprint density at radius 2 is 1.83 bits per heavy atom. The van der Waals surface area contributed by atoms with Gasteiger partial charge in [-0.1, -0.05) is 17.6 Å². The summed E-state index contributed by atoms with van der Waals surface area (Å²) in [5.41, 5.74) is 10.4. The lowest BCUT2D eigenvalue weighted by Crippen LogP contribution is -2.38. The molecule has 5 heteroatoms. The Bertz CT molecular complexity index is 551. The van der Waals surface area contributed by atoms with E-state index in [1.54, 1.807) is 0 Å². The van der Waals surface area contributed by atoms with Gasteiger partial charge in [-0.15, -0.1) is 0 Å². The average Bonchev–Trinajstić information content (AvgIpc) is 2.51. The molecule has 2 rings (SSSR count). The van der Waals surface area contributed by atoms with Crippen LogP contribution < -0.4 is 5.73 Å². The van der Waals surface area contributed by atoms with Gasteiger partial charge < -0.3 is 20.6 Å². The molecule has 5 nitrogen and oxygen atoms in total. The van der Waals surface area contributed by atoms with Crippen molar-refractivity contribution in [2.75, 3.05) is 26.2 Å². The zero-order valence-electron chi connectivity index (χ0n) is 14.5. The second-order valence-corrected chi connectivity index (χ2v) is 6.54. The maximum Gasteiger partial charge on any atom is 0.170 e. The van der Waals surface area contributed by atoms with E-state index in [1.165, 1.54) is 30.4 Å². The highest BCUT2D eigenvalue weighted by molar-refractivity contribution is 5.98. The van der Waals surface area contributed by atoms with Crippen LogP contribution in [0.15, 0.2) is 17.3 Å². The number of aliphatic hydroxyl groups excluding tert-OH is 1. The zero-order valence-corrected chi connectivity index (χ0v) is 14.5. The molecule has 0 aliphatic carbocycles. The zero-order chi connectivity index (χ0) is 16.8. The third kappa shape index (κ3) is 5.22. The highest BCUT2D eigenvalue weighted by atomic mass is 16.6. The van der Waals surface area contributed by atoms with Crippen molar-refractivity contribution >= 4 is 5.84 Å². The molecule has 1 aromatic rings. The monoisotopic (exact) mass is 319 g/mol. The van der Waals surface area contributed by atoms with Crippen LogP contribution in [-0.2, 0) is 4.84 Å². The number of aliphatic hydroxyl groups is 1. The summed E-state index contributed by atoms with van der Waals surface area (Å²) >= 11 is 0. The Labute approximate surface area is 139 Å². The predicted molar refractivity (Wildman–Crippen MR) is 93.6 cm³/mol. The Morgan fingerprint density at radius 3 is 2.52 bits per heavy atom. The molecule has 3 N–H and O–H groups in total. The molecule has 1 saturated heterocycles. The number of β-amino-alcohol motifs (C(OH)–C–C–N with tert-alkyl or cyclic N) is 1. The topological polar surface area (TPSA) is 71.1 Å². The number of oxime groups is 1. The molecule has 1 aromatic carbocycles. The average molecular weight is 319 g/mol. The predicted octanol–water partition coefficient (Wildman–Crippen LogP) is 2.10. The SMILES string of the molecule is Cc1cc(C)c(C(N)=NOCC(O)CN2CCCCC2)cc1C. The van der Waals surface area contributed by atoms with Gasteiger partial charge in [0.1, 0.15) is 12.7 Å². The number of aryl methyl sites for hydroxylation is 3. The summed E-state index contributed by atoms with van der Waals surface area (Å²) in [6.45, 7) is 9.06. The maximum atomic E-state index is 10.0. The van der Waals surface area contributed by atoms with Crippen molar-refractivity contribution in [2.45, 2.75) is 46.1 Å². The fraction of sp³-hybridized carbons (Fsp3) is 0.611. The molecule has 0 bridgehead atoms. The number of amidine groups is 1. The second-order valence-electron chi connectivity index (χ2n) is 6.54. The van der Waals surface area contributed by atoms with E-state index in [1.807, 2.05) is 13.0 Å². The van der Waals surface area contributed by atoms with Gasteiger partial charge in [-0.2, -0.15) is 0 Å². The van der Waals surface area contributed by atoms with Crippen LogP contribution in [0.4, 0.5) is 0 Å². The van der Waals surface area contributed by atoms with Crippen molar-refractivity contribution in [3.63, 3.8) is 0 Å². The van der Waals surface area contributed by atoms with Crippen molar-refractivity contribution in [3.05, 3.63) is 34.4 Å². The molecule has 1 atom stereocenters. The Hall–Kier alpha value is -1.59. The summed E-state index contributed by atoms with van der Waals surface area (Å²) in [5, 5.41) is 14.0. The van der Waals surface area contributed by atoms with E-state index in [0.29, 0.717) is 12.4 Å². The summed E-state index contributed by atoms with van der Waals surface area (Å²) in [7, 11) is 0. The molecule has 1 unspecified atom stereocenters. The van der Waals surface area contributed by atoms with Gasteiger partial charge >= 0.3 is 0 Å². The van der Waals surface area contributed by atoms with Gasteiger partial charge in [0.25, 0.3) is 0 Å². The van der Waals surface area contributed by atoms with Gasteiger partial charge in [0, 0.05) is 12.1 Å². The lowest BCUT2D eigenvalue weighted by atomic mass is 10.0. The Balaban J connectivity index is 1.85. The minimum absolute atomic E-state index is 0.168. The largest absolute Gasteiger partial charge is 0.391 e. The second kappa shape index (κ2) is 8.31. The normalized spacial score (nSPS) is 18.0. The minimum atomic E-state index is -0.537. The third-order valence-electron chi connectivity index (χ3n) is 4.46. The fourth-order valence-electron chi connectivity index (χ4n) is 2.97. The quantitative estimate of drug-likeness (QED) is 0.478. The molecule has 1 aliphatic heterocycles. The van der Waals surface area contributed by atoms with Gasteiger partial charge in [0.2, 0.25) is 0 Å². The molecule has 1 fully saturated rings. The van der Waals surface area contributed by atoms with Gasteiger partial charge in [0.15, 0.2) is 5.84 Å². The first-order valence-electron chi connectivity index (χ1n) is 8.41. The van der Waals surface area contributed by atoms with Crippen molar-refractivity contribution in [1.29, 1.82) is 0 Å². The van der Waals surface area contributed by atoms with Crippen molar-refractivity contribution in [2.24, 2.45) is 10.9 Å². The first kappa shape index (κ1) is 17.8. The summed E-state index contributed by atoms with van der Waals surface area (Å²) in [5.74, 6) is 0.357. The van der Waals surface area contributed by atoms with Gasteiger partial charge in [-0.05, 0) is 69.5 Å². The van der Waals surface area contributed by atoms with Crippen LogP contribution in [0.3, 0.4) is 0 Å². The first-order valence-corrected chi connectivity index (χ1v) is 8.41. The number of piperidine rings is 1. The Kier molecular flexibility index (Phi) is 6.42. The van der Waals surface area contributed by atoms with Crippen LogP contribution >= 0.6 is 0 Å². The maximum absolute atomic E-state index is 10.0.